The van der Waals surface area contributed by atoms with E-state index in [-0.39, 0.29) is 11.9 Å². The van der Waals surface area contributed by atoms with E-state index in [1.807, 2.05) is 0 Å². The van der Waals surface area contributed by atoms with Gasteiger partial charge in [0, 0.05) is 26.7 Å². The van der Waals surface area contributed by atoms with Gasteiger partial charge < -0.3 is 15.1 Å². The van der Waals surface area contributed by atoms with E-state index in [1.54, 1.807) is 11.9 Å². The first-order chi connectivity index (χ1) is 10.2. The van der Waals surface area contributed by atoms with Crippen LogP contribution in [0.25, 0.3) is 0 Å². The third kappa shape index (κ3) is 2.82. The van der Waals surface area contributed by atoms with E-state index in [4.69, 9.17) is 5.84 Å². The highest BCUT2D eigenvalue weighted by molar-refractivity contribution is 5.86. The number of carbonyl (C=O) groups excluding carboxylic acids is 1. The number of rotatable bonds is 4. The number of hydrogen-bond donors (Lipinski definition) is 3. The molecule has 21 heavy (non-hydrogen) atoms. The molecule has 114 valence electrons. The van der Waals surface area contributed by atoms with E-state index in [1.165, 1.54) is 0 Å². The molecule has 3 heterocycles. The largest absolute Gasteiger partial charge is 0.344 e. The lowest BCUT2D eigenvalue weighted by atomic mass is 10.2. The SMILES string of the molecule is CN1CCC(Nc2nc(NN)nc(N3CCCC3)n2)C1=O. The Hall–Kier alpha value is -2.16. The van der Waals surface area contributed by atoms with Crippen LogP contribution < -0.4 is 21.5 Å². The summed E-state index contributed by atoms with van der Waals surface area (Å²) in [7, 11) is 1.79. The molecule has 9 nitrogen and oxygen atoms in total. The highest BCUT2D eigenvalue weighted by atomic mass is 16.2. The molecule has 2 aliphatic heterocycles. The predicted octanol–water partition coefficient (Wildman–Crippen LogP) is -0.600. The molecule has 1 unspecified atom stereocenters. The van der Waals surface area contributed by atoms with Crippen molar-refractivity contribution in [2.24, 2.45) is 5.84 Å². The number of aromatic nitrogens is 3. The predicted molar refractivity (Wildman–Crippen MR) is 78.7 cm³/mol. The Bertz CT molecular complexity index is 530. The summed E-state index contributed by atoms with van der Waals surface area (Å²) in [4.78, 5) is 28.6. The maximum absolute atomic E-state index is 11.9. The topological polar surface area (TPSA) is 112 Å². The molecular formula is C12H20N8O. The van der Waals surface area contributed by atoms with Crippen LogP contribution in [-0.2, 0) is 4.79 Å². The first-order valence-electron chi connectivity index (χ1n) is 7.16. The summed E-state index contributed by atoms with van der Waals surface area (Å²) in [5, 5.41) is 3.08. The van der Waals surface area contributed by atoms with Crippen LogP contribution in [0.1, 0.15) is 19.3 Å². The van der Waals surface area contributed by atoms with Gasteiger partial charge in [0.25, 0.3) is 0 Å². The zero-order valence-electron chi connectivity index (χ0n) is 12.0. The maximum Gasteiger partial charge on any atom is 0.244 e. The first kappa shape index (κ1) is 13.8. The minimum Gasteiger partial charge on any atom is -0.344 e. The standard InChI is InChI=1S/C12H20N8O/c1-19-7-4-8(9(19)21)14-10-15-11(18-13)17-12(16-10)20-5-2-3-6-20/h8H,2-7,13H2,1H3,(H2,14,15,16,17,18). The average molecular weight is 292 g/mol. The van der Waals surface area contributed by atoms with Crippen LogP contribution in [0.2, 0.25) is 0 Å². The van der Waals surface area contributed by atoms with Gasteiger partial charge in [-0.05, 0) is 19.3 Å². The van der Waals surface area contributed by atoms with Crippen molar-refractivity contribution < 1.29 is 4.79 Å². The number of amides is 1. The molecule has 1 atom stereocenters. The Kier molecular flexibility index (Phi) is 3.74. The molecule has 4 N–H and O–H groups in total. The molecule has 2 saturated heterocycles. The Morgan fingerprint density at radius 2 is 1.86 bits per heavy atom. The minimum absolute atomic E-state index is 0.0559. The Labute approximate surface area is 122 Å². The van der Waals surface area contributed by atoms with E-state index in [2.05, 4.69) is 30.6 Å². The number of likely N-dealkylation sites (N-methyl/N-ethyl adjacent to an activating group) is 1. The number of likely N-dealkylation sites (tertiary alicyclic amines) is 1. The van der Waals surface area contributed by atoms with Crippen LogP contribution >= 0.6 is 0 Å². The van der Waals surface area contributed by atoms with Crippen molar-refractivity contribution >= 4 is 23.8 Å². The maximum atomic E-state index is 11.9. The van der Waals surface area contributed by atoms with Crippen LogP contribution in [0.3, 0.4) is 0 Å². The third-order valence-electron chi connectivity index (χ3n) is 3.87. The molecule has 2 aliphatic rings. The number of nitrogens with zero attached hydrogens (tertiary/aromatic N) is 5. The molecule has 0 aliphatic carbocycles. The number of anilines is 3. The highest BCUT2D eigenvalue weighted by Crippen LogP contribution is 2.20. The summed E-state index contributed by atoms with van der Waals surface area (Å²) < 4.78 is 0. The second kappa shape index (κ2) is 5.68. The van der Waals surface area contributed by atoms with E-state index >= 15 is 0 Å². The van der Waals surface area contributed by atoms with Gasteiger partial charge in [-0.25, -0.2) is 5.84 Å². The van der Waals surface area contributed by atoms with Crippen LogP contribution in [0, 0.1) is 0 Å². The van der Waals surface area contributed by atoms with E-state index < -0.39 is 0 Å². The average Bonchev–Trinajstić information content (AvgIpc) is 3.13. The van der Waals surface area contributed by atoms with Gasteiger partial charge in [-0.2, -0.15) is 15.0 Å². The molecule has 2 fully saturated rings. The van der Waals surface area contributed by atoms with Crippen molar-refractivity contribution in [2.75, 3.05) is 42.3 Å². The third-order valence-corrected chi connectivity index (χ3v) is 3.87. The molecule has 0 radical (unpaired) electrons. The summed E-state index contributed by atoms with van der Waals surface area (Å²) in [6.07, 6.45) is 3.00. The number of nitrogen functional groups attached to an aromatic ring is 1. The molecule has 1 amide bonds. The molecule has 0 spiro atoms. The van der Waals surface area contributed by atoms with Crippen molar-refractivity contribution in [3.63, 3.8) is 0 Å². The Morgan fingerprint density at radius 1 is 1.14 bits per heavy atom. The summed E-state index contributed by atoms with van der Waals surface area (Å²) in [5.41, 5.74) is 2.45. The quantitative estimate of drug-likeness (QED) is 0.498. The fraction of sp³-hybridized carbons (Fsp3) is 0.667. The van der Waals surface area contributed by atoms with Gasteiger partial charge in [0.2, 0.25) is 23.8 Å². The number of nitrogens with two attached hydrogens (primary N) is 1. The highest BCUT2D eigenvalue weighted by Gasteiger charge is 2.30. The second-order valence-corrected chi connectivity index (χ2v) is 5.37. The zero-order chi connectivity index (χ0) is 14.8. The lowest BCUT2D eigenvalue weighted by Crippen LogP contribution is -2.32. The molecule has 9 heteroatoms. The number of hydrogen-bond acceptors (Lipinski definition) is 8. The zero-order valence-corrected chi connectivity index (χ0v) is 12.0. The normalized spacial score (nSPS) is 22.0. The molecule has 1 aromatic heterocycles. The molecule has 1 aromatic rings. The summed E-state index contributed by atoms with van der Waals surface area (Å²) in [6.45, 7) is 2.60. The summed E-state index contributed by atoms with van der Waals surface area (Å²) >= 11 is 0. The van der Waals surface area contributed by atoms with Gasteiger partial charge in [-0.1, -0.05) is 0 Å². The lowest BCUT2D eigenvalue weighted by molar-refractivity contribution is -0.127. The van der Waals surface area contributed by atoms with Crippen LogP contribution in [-0.4, -0.2) is 58.5 Å². The van der Waals surface area contributed by atoms with Gasteiger partial charge in [0.15, 0.2) is 0 Å². The fourth-order valence-corrected chi connectivity index (χ4v) is 2.66. The van der Waals surface area contributed by atoms with Crippen LogP contribution in [0.5, 0.6) is 0 Å². The second-order valence-electron chi connectivity index (χ2n) is 5.37. The van der Waals surface area contributed by atoms with Crippen molar-refractivity contribution in [1.29, 1.82) is 0 Å². The van der Waals surface area contributed by atoms with Crippen LogP contribution in [0.15, 0.2) is 0 Å². The fourth-order valence-electron chi connectivity index (χ4n) is 2.66. The first-order valence-corrected chi connectivity index (χ1v) is 7.16. The van der Waals surface area contributed by atoms with Gasteiger partial charge in [-0.3, -0.25) is 10.2 Å². The van der Waals surface area contributed by atoms with Gasteiger partial charge >= 0.3 is 0 Å². The molecular weight excluding hydrogens is 272 g/mol. The summed E-state index contributed by atoms with van der Waals surface area (Å²) in [6, 6.07) is -0.283. The van der Waals surface area contributed by atoms with Gasteiger partial charge in [0.05, 0.1) is 0 Å². The Morgan fingerprint density at radius 3 is 2.48 bits per heavy atom. The van der Waals surface area contributed by atoms with Crippen molar-refractivity contribution in [3.8, 4) is 0 Å². The number of hydrazine groups is 1. The minimum atomic E-state index is -0.283. The van der Waals surface area contributed by atoms with Crippen molar-refractivity contribution in [2.45, 2.75) is 25.3 Å². The van der Waals surface area contributed by atoms with Gasteiger partial charge in [-0.15, -0.1) is 0 Å². The molecule has 0 bridgehead atoms. The van der Waals surface area contributed by atoms with Crippen LogP contribution in [0.4, 0.5) is 17.8 Å². The monoisotopic (exact) mass is 292 g/mol. The number of nitrogens with one attached hydrogen (secondary N) is 2. The number of carbonyl (C=O) groups is 1. The van der Waals surface area contributed by atoms with E-state index in [9.17, 15) is 4.79 Å². The van der Waals surface area contributed by atoms with E-state index in [0.29, 0.717) is 17.8 Å². The van der Waals surface area contributed by atoms with E-state index in [0.717, 1.165) is 38.9 Å². The smallest absolute Gasteiger partial charge is 0.244 e. The Balaban J connectivity index is 1.80. The summed E-state index contributed by atoms with van der Waals surface area (Å²) in [5.74, 6) is 6.75. The molecule has 0 saturated carbocycles. The lowest BCUT2D eigenvalue weighted by Gasteiger charge is -2.18. The molecule has 3 rings (SSSR count). The van der Waals surface area contributed by atoms with Crippen molar-refractivity contribution in [1.82, 2.24) is 19.9 Å². The van der Waals surface area contributed by atoms with Crippen molar-refractivity contribution in [3.05, 3.63) is 0 Å². The van der Waals surface area contributed by atoms with Gasteiger partial charge in [0.1, 0.15) is 6.04 Å². The molecule has 0 aromatic carbocycles.